The summed E-state index contributed by atoms with van der Waals surface area (Å²) < 4.78 is 41.5. The van der Waals surface area contributed by atoms with Gasteiger partial charge in [0.15, 0.2) is 0 Å². The zero-order chi connectivity index (χ0) is 18.8. The van der Waals surface area contributed by atoms with Crippen LogP contribution in [0.1, 0.15) is 63.8 Å². The summed E-state index contributed by atoms with van der Waals surface area (Å²) in [5.74, 6) is 0.659. The fourth-order valence-electron chi connectivity index (χ4n) is 2.93. The zero-order valence-corrected chi connectivity index (χ0v) is 14.6. The number of fused-ring (bicyclic) bond motifs is 1. The molecule has 8 heteroatoms. The minimum atomic E-state index is -4.79. The molecule has 5 nitrogen and oxygen atoms in total. The first-order chi connectivity index (χ1) is 11.7. The predicted octanol–water partition coefficient (Wildman–Crippen LogP) is 5.67. The Hall–Kier alpha value is -2.12. The van der Waals surface area contributed by atoms with Crippen LogP contribution in [0.4, 0.5) is 18.9 Å². The van der Waals surface area contributed by atoms with E-state index in [9.17, 15) is 23.3 Å². The maximum atomic E-state index is 13.3. The zero-order valence-electron chi connectivity index (χ0n) is 14.6. The van der Waals surface area contributed by atoms with Crippen molar-refractivity contribution in [2.75, 3.05) is 0 Å². The number of unbranched alkanes of at least 4 members (excludes halogenated alkanes) is 3. The molecule has 0 radical (unpaired) electrons. The maximum absolute atomic E-state index is 13.3. The second kappa shape index (κ2) is 7.41. The van der Waals surface area contributed by atoms with Gasteiger partial charge in [0.1, 0.15) is 11.4 Å². The standard InChI is InChI=1S/C17H22F3N3O2/c1-4-5-6-7-8-22-15-9-12(17(18,19)20)14(23(24)25)10-13(15)21-16(22)11(2)3/h9-11H,4-8H2,1-3H3. The number of hydrogen-bond acceptors (Lipinski definition) is 3. The lowest BCUT2D eigenvalue weighted by atomic mass is 10.1. The van der Waals surface area contributed by atoms with Crippen LogP contribution in [0.2, 0.25) is 0 Å². The van der Waals surface area contributed by atoms with Crippen LogP contribution < -0.4 is 0 Å². The average Bonchev–Trinajstić information content (AvgIpc) is 2.87. The van der Waals surface area contributed by atoms with Gasteiger partial charge in [-0.2, -0.15) is 13.2 Å². The molecule has 0 aliphatic carbocycles. The molecule has 0 atom stereocenters. The minimum Gasteiger partial charge on any atom is -0.328 e. The van der Waals surface area contributed by atoms with E-state index in [0.29, 0.717) is 17.9 Å². The second-order valence-corrected chi connectivity index (χ2v) is 6.45. The predicted molar refractivity (Wildman–Crippen MR) is 89.6 cm³/mol. The first kappa shape index (κ1) is 19.2. The summed E-state index contributed by atoms with van der Waals surface area (Å²) in [4.78, 5) is 14.4. The number of alkyl halides is 3. The SMILES string of the molecule is CCCCCCn1c(C(C)C)nc2cc([N+](=O)[O-])c(C(F)(F)F)cc21. The summed E-state index contributed by atoms with van der Waals surface area (Å²) in [7, 11) is 0. The van der Waals surface area contributed by atoms with E-state index in [1.165, 1.54) is 0 Å². The molecule has 0 N–H and O–H groups in total. The fourth-order valence-corrected chi connectivity index (χ4v) is 2.93. The Morgan fingerprint density at radius 1 is 1.24 bits per heavy atom. The average molecular weight is 357 g/mol. The largest absolute Gasteiger partial charge is 0.423 e. The van der Waals surface area contributed by atoms with Gasteiger partial charge in [0.2, 0.25) is 0 Å². The Kier molecular flexibility index (Phi) is 5.69. The Morgan fingerprint density at radius 3 is 2.44 bits per heavy atom. The number of hydrogen-bond donors (Lipinski definition) is 0. The van der Waals surface area contributed by atoms with Gasteiger partial charge in [0.05, 0.1) is 16.0 Å². The third-order valence-corrected chi connectivity index (χ3v) is 4.15. The molecular formula is C17H22F3N3O2. The van der Waals surface area contributed by atoms with Crippen molar-refractivity contribution in [3.8, 4) is 0 Å². The van der Waals surface area contributed by atoms with Crippen molar-refractivity contribution in [1.82, 2.24) is 9.55 Å². The molecule has 0 aliphatic rings. The van der Waals surface area contributed by atoms with E-state index in [1.54, 1.807) is 4.57 Å². The van der Waals surface area contributed by atoms with Crippen LogP contribution in [0, 0.1) is 10.1 Å². The summed E-state index contributed by atoms with van der Waals surface area (Å²) in [5.41, 5.74) is -1.64. The quantitative estimate of drug-likeness (QED) is 0.364. The van der Waals surface area contributed by atoms with Gasteiger partial charge < -0.3 is 4.57 Å². The van der Waals surface area contributed by atoms with E-state index in [1.807, 2.05) is 13.8 Å². The molecular weight excluding hydrogens is 335 g/mol. The van der Waals surface area contributed by atoms with Crippen LogP contribution in [0.5, 0.6) is 0 Å². The maximum Gasteiger partial charge on any atom is 0.423 e. The molecule has 1 aromatic carbocycles. The number of rotatable bonds is 7. The molecule has 0 spiro atoms. The third-order valence-electron chi connectivity index (χ3n) is 4.15. The summed E-state index contributed by atoms with van der Waals surface area (Å²) in [6.45, 7) is 6.45. The van der Waals surface area contributed by atoms with Gasteiger partial charge in [-0.05, 0) is 12.5 Å². The van der Waals surface area contributed by atoms with Crippen molar-refractivity contribution in [1.29, 1.82) is 0 Å². The Bertz CT molecular complexity index is 767. The first-order valence-electron chi connectivity index (χ1n) is 8.42. The van der Waals surface area contributed by atoms with Gasteiger partial charge in [0, 0.05) is 18.5 Å². The Balaban J connectivity index is 2.60. The van der Waals surface area contributed by atoms with Crippen molar-refractivity contribution in [2.24, 2.45) is 0 Å². The molecule has 0 aliphatic heterocycles. The van der Waals surface area contributed by atoms with Crippen LogP contribution in [0.15, 0.2) is 12.1 Å². The van der Waals surface area contributed by atoms with Crippen molar-refractivity contribution in [3.05, 3.63) is 33.6 Å². The molecule has 0 saturated carbocycles. The van der Waals surface area contributed by atoms with Crippen molar-refractivity contribution < 1.29 is 18.1 Å². The second-order valence-electron chi connectivity index (χ2n) is 6.45. The number of aryl methyl sites for hydroxylation is 1. The molecule has 2 aromatic rings. The van der Waals surface area contributed by atoms with E-state index < -0.39 is 22.4 Å². The molecule has 1 heterocycles. The Labute approximate surface area is 144 Å². The summed E-state index contributed by atoms with van der Waals surface area (Å²) in [5, 5.41) is 11.1. The Morgan fingerprint density at radius 2 is 1.92 bits per heavy atom. The molecule has 0 fully saturated rings. The minimum absolute atomic E-state index is 0.00645. The number of nitro benzene ring substituents is 1. The van der Waals surface area contributed by atoms with Crippen LogP contribution in [0.25, 0.3) is 11.0 Å². The molecule has 2 rings (SSSR count). The highest BCUT2D eigenvalue weighted by molar-refractivity contribution is 5.81. The third kappa shape index (κ3) is 4.11. The fraction of sp³-hybridized carbons (Fsp3) is 0.588. The molecule has 25 heavy (non-hydrogen) atoms. The number of imidazole rings is 1. The molecule has 0 saturated heterocycles. The number of nitro groups is 1. The van der Waals surface area contributed by atoms with Gasteiger partial charge in [-0.3, -0.25) is 10.1 Å². The summed E-state index contributed by atoms with van der Waals surface area (Å²) in [6, 6.07) is 1.80. The van der Waals surface area contributed by atoms with Gasteiger partial charge in [-0.25, -0.2) is 4.98 Å². The molecule has 0 bridgehead atoms. The highest BCUT2D eigenvalue weighted by Crippen LogP contribution is 2.39. The van der Waals surface area contributed by atoms with Gasteiger partial charge >= 0.3 is 6.18 Å². The first-order valence-corrected chi connectivity index (χ1v) is 8.42. The van der Waals surface area contributed by atoms with Crippen molar-refractivity contribution in [3.63, 3.8) is 0 Å². The highest BCUT2D eigenvalue weighted by atomic mass is 19.4. The van der Waals surface area contributed by atoms with Crippen LogP contribution in [-0.2, 0) is 12.7 Å². The highest BCUT2D eigenvalue weighted by Gasteiger charge is 2.39. The van der Waals surface area contributed by atoms with Gasteiger partial charge in [-0.1, -0.05) is 40.0 Å². The van der Waals surface area contributed by atoms with Crippen molar-refractivity contribution in [2.45, 2.75) is 65.1 Å². The number of benzene rings is 1. The van der Waals surface area contributed by atoms with E-state index in [0.717, 1.165) is 37.8 Å². The molecule has 1 aromatic heterocycles. The summed E-state index contributed by atoms with van der Waals surface area (Å²) >= 11 is 0. The summed E-state index contributed by atoms with van der Waals surface area (Å²) in [6.07, 6.45) is -0.856. The number of halogens is 3. The monoisotopic (exact) mass is 357 g/mol. The normalized spacial score (nSPS) is 12.3. The van der Waals surface area contributed by atoms with E-state index >= 15 is 0 Å². The van der Waals surface area contributed by atoms with E-state index in [2.05, 4.69) is 11.9 Å². The molecule has 138 valence electrons. The molecule has 0 amide bonds. The smallest absolute Gasteiger partial charge is 0.328 e. The topological polar surface area (TPSA) is 61.0 Å². The van der Waals surface area contributed by atoms with Crippen LogP contribution in [0.3, 0.4) is 0 Å². The number of aromatic nitrogens is 2. The van der Waals surface area contributed by atoms with E-state index in [-0.39, 0.29) is 11.4 Å². The molecule has 0 unspecified atom stereocenters. The lowest BCUT2D eigenvalue weighted by Crippen LogP contribution is -2.10. The van der Waals surface area contributed by atoms with Crippen LogP contribution >= 0.6 is 0 Å². The lowest BCUT2D eigenvalue weighted by molar-refractivity contribution is -0.387. The van der Waals surface area contributed by atoms with E-state index in [4.69, 9.17) is 0 Å². The van der Waals surface area contributed by atoms with Gasteiger partial charge in [0.25, 0.3) is 5.69 Å². The van der Waals surface area contributed by atoms with Crippen LogP contribution in [-0.4, -0.2) is 14.5 Å². The number of nitrogens with zero attached hydrogens (tertiary/aromatic N) is 3. The van der Waals surface area contributed by atoms with Crippen molar-refractivity contribution >= 4 is 16.7 Å². The lowest BCUT2D eigenvalue weighted by Gasteiger charge is -2.12. The van der Waals surface area contributed by atoms with Gasteiger partial charge in [-0.15, -0.1) is 0 Å².